The quantitative estimate of drug-likeness (QED) is 0.634. The van der Waals surface area contributed by atoms with Crippen molar-refractivity contribution in [2.24, 2.45) is 0 Å². The van der Waals surface area contributed by atoms with Gasteiger partial charge >= 0.3 is 0 Å². The van der Waals surface area contributed by atoms with Crippen LogP contribution in [-0.2, 0) is 0 Å². The van der Waals surface area contributed by atoms with Gasteiger partial charge in [-0.25, -0.2) is 4.98 Å². The highest BCUT2D eigenvalue weighted by Gasteiger charge is 2.02. The molecule has 2 heterocycles. The van der Waals surface area contributed by atoms with E-state index in [0.717, 1.165) is 22.3 Å². The molecule has 0 aliphatic heterocycles. The Bertz CT molecular complexity index is 665. The fourth-order valence-corrected chi connectivity index (χ4v) is 1.71. The highest BCUT2D eigenvalue weighted by atomic mass is 15.1. The van der Waals surface area contributed by atoms with Crippen molar-refractivity contribution in [3.63, 3.8) is 0 Å². The van der Waals surface area contributed by atoms with Crippen LogP contribution in [-0.4, -0.2) is 20.2 Å². The Morgan fingerprint density at radius 2 is 1.88 bits per heavy atom. The standard InChI is InChI=1S/C13H10N4/c1-9-15-13-8-10(5-6-12(13)17-16-9)11-4-2-3-7-14-11/h2-8H,1H3. The lowest BCUT2D eigenvalue weighted by molar-refractivity contribution is 0.952. The van der Waals surface area contributed by atoms with E-state index in [4.69, 9.17) is 0 Å². The topological polar surface area (TPSA) is 51.6 Å². The molecule has 0 radical (unpaired) electrons. The number of fused-ring (bicyclic) bond motifs is 1. The summed E-state index contributed by atoms with van der Waals surface area (Å²) < 4.78 is 0. The van der Waals surface area contributed by atoms with E-state index < -0.39 is 0 Å². The minimum atomic E-state index is 0.677. The van der Waals surface area contributed by atoms with Crippen LogP contribution in [0.25, 0.3) is 22.3 Å². The molecule has 0 atom stereocenters. The molecule has 0 fully saturated rings. The molecule has 0 amide bonds. The molecule has 82 valence electrons. The highest BCUT2D eigenvalue weighted by molar-refractivity contribution is 5.79. The van der Waals surface area contributed by atoms with E-state index in [0.29, 0.717) is 5.82 Å². The van der Waals surface area contributed by atoms with Gasteiger partial charge in [-0.15, -0.1) is 10.2 Å². The number of aromatic nitrogens is 4. The fourth-order valence-electron chi connectivity index (χ4n) is 1.71. The zero-order valence-electron chi connectivity index (χ0n) is 9.33. The van der Waals surface area contributed by atoms with Crippen LogP contribution in [0.4, 0.5) is 0 Å². The van der Waals surface area contributed by atoms with E-state index in [9.17, 15) is 0 Å². The van der Waals surface area contributed by atoms with Gasteiger partial charge in [-0.3, -0.25) is 4.98 Å². The summed E-state index contributed by atoms with van der Waals surface area (Å²) in [5, 5.41) is 8.02. The predicted octanol–water partition coefficient (Wildman–Crippen LogP) is 2.40. The van der Waals surface area contributed by atoms with Crippen molar-refractivity contribution in [2.75, 3.05) is 0 Å². The van der Waals surface area contributed by atoms with Crippen LogP contribution in [0.3, 0.4) is 0 Å². The lowest BCUT2D eigenvalue weighted by Gasteiger charge is -2.02. The maximum atomic E-state index is 4.36. The summed E-state index contributed by atoms with van der Waals surface area (Å²) in [5.41, 5.74) is 3.62. The second-order valence-electron chi connectivity index (χ2n) is 3.78. The zero-order chi connectivity index (χ0) is 11.7. The van der Waals surface area contributed by atoms with E-state index in [-0.39, 0.29) is 0 Å². The van der Waals surface area contributed by atoms with Gasteiger partial charge in [0.1, 0.15) is 11.3 Å². The van der Waals surface area contributed by atoms with Gasteiger partial charge in [0.05, 0.1) is 11.2 Å². The first kappa shape index (κ1) is 9.84. The molecule has 0 saturated heterocycles. The SMILES string of the molecule is Cc1nnc2ccc(-c3ccccn3)cc2n1. The van der Waals surface area contributed by atoms with Crippen LogP contribution in [0.2, 0.25) is 0 Å². The lowest BCUT2D eigenvalue weighted by Crippen LogP contribution is -1.93. The molecule has 3 rings (SSSR count). The second-order valence-corrected chi connectivity index (χ2v) is 3.78. The van der Waals surface area contributed by atoms with Gasteiger partial charge in [-0.1, -0.05) is 12.1 Å². The molecule has 0 bridgehead atoms. The minimum absolute atomic E-state index is 0.677. The maximum Gasteiger partial charge on any atom is 0.148 e. The third-order valence-corrected chi connectivity index (χ3v) is 2.52. The number of benzene rings is 1. The van der Waals surface area contributed by atoms with Gasteiger partial charge in [0.25, 0.3) is 0 Å². The molecule has 4 nitrogen and oxygen atoms in total. The van der Waals surface area contributed by atoms with Gasteiger partial charge < -0.3 is 0 Å². The Labute approximate surface area is 98.4 Å². The van der Waals surface area contributed by atoms with E-state index >= 15 is 0 Å². The van der Waals surface area contributed by atoms with E-state index in [1.165, 1.54) is 0 Å². The van der Waals surface area contributed by atoms with Crippen molar-refractivity contribution in [1.82, 2.24) is 20.2 Å². The van der Waals surface area contributed by atoms with Crippen LogP contribution in [0.1, 0.15) is 5.82 Å². The van der Waals surface area contributed by atoms with Crippen LogP contribution in [0.15, 0.2) is 42.6 Å². The average Bonchev–Trinajstić information content (AvgIpc) is 2.39. The van der Waals surface area contributed by atoms with Crippen molar-refractivity contribution in [3.05, 3.63) is 48.4 Å². The Hall–Kier alpha value is -2.36. The van der Waals surface area contributed by atoms with E-state index in [1.807, 2.05) is 43.3 Å². The molecule has 4 heteroatoms. The molecule has 2 aromatic heterocycles. The third kappa shape index (κ3) is 1.85. The first-order valence-corrected chi connectivity index (χ1v) is 5.35. The summed E-state index contributed by atoms with van der Waals surface area (Å²) in [6.45, 7) is 1.83. The number of pyridine rings is 1. The minimum Gasteiger partial charge on any atom is -0.256 e. The number of nitrogens with zero attached hydrogens (tertiary/aromatic N) is 4. The normalized spacial score (nSPS) is 10.6. The molecule has 0 unspecified atom stereocenters. The molecule has 0 spiro atoms. The maximum absolute atomic E-state index is 4.36. The van der Waals surface area contributed by atoms with E-state index in [2.05, 4.69) is 20.2 Å². The van der Waals surface area contributed by atoms with Gasteiger partial charge in [0.15, 0.2) is 0 Å². The first-order valence-electron chi connectivity index (χ1n) is 5.35. The largest absolute Gasteiger partial charge is 0.256 e. The molecule has 17 heavy (non-hydrogen) atoms. The summed E-state index contributed by atoms with van der Waals surface area (Å²) in [6.07, 6.45) is 1.78. The van der Waals surface area contributed by atoms with Crippen LogP contribution >= 0.6 is 0 Å². The van der Waals surface area contributed by atoms with Crippen molar-refractivity contribution in [2.45, 2.75) is 6.92 Å². The molecular formula is C13H10N4. The second kappa shape index (κ2) is 3.90. The molecule has 0 saturated carbocycles. The molecule has 1 aromatic carbocycles. The van der Waals surface area contributed by atoms with Crippen molar-refractivity contribution < 1.29 is 0 Å². The molecule has 0 aliphatic rings. The Morgan fingerprint density at radius 3 is 2.71 bits per heavy atom. The Kier molecular flexibility index (Phi) is 2.26. The Balaban J connectivity index is 2.19. The summed E-state index contributed by atoms with van der Waals surface area (Å²) in [4.78, 5) is 8.67. The first-order chi connectivity index (χ1) is 8.33. The number of hydrogen-bond acceptors (Lipinski definition) is 4. The van der Waals surface area contributed by atoms with Crippen molar-refractivity contribution >= 4 is 11.0 Å². The van der Waals surface area contributed by atoms with Crippen molar-refractivity contribution in [3.8, 4) is 11.3 Å². The highest BCUT2D eigenvalue weighted by Crippen LogP contribution is 2.20. The van der Waals surface area contributed by atoms with Crippen molar-refractivity contribution in [1.29, 1.82) is 0 Å². The average molecular weight is 222 g/mol. The molecular weight excluding hydrogens is 212 g/mol. The van der Waals surface area contributed by atoms with Gasteiger partial charge in [0, 0.05) is 11.8 Å². The molecule has 3 aromatic rings. The van der Waals surface area contributed by atoms with Gasteiger partial charge in [0.2, 0.25) is 0 Å². The van der Waals surface area contributed by atoms with Crippen LogP contribution in [0, 0.1) is 6.92 Å². The van der Waals surface area contributed by atoms with Gasteiger partial charge in [-0.05, 0) is 31.2 Å². The fraction of sp³-hybridized carbons (Fsp3) is 0.0769. The zero-order valence-corrected chi connectivity index (χ0v) is 9.33. The van der Waals surface area contributed by atoms with E-state index in [1.54, 1.807) is 6.20 Å². The van der Waals surface area contributed by atoms with Gasteiger partial charge in [-0.2, -0.15) is 0 Å². The molecule has 0 aliphatic carbocycles. The molecule has 0 N–H and O–H groups in total. The summed E-state index contributed by atoms with van der Waals surface area (Å²) >= 11 is 0. The number of hydrogen-bond donors (Lipinski definition) is 0. The smallest absolute Gasteiger partial charge is 0.148 e. The summed E-state index contributed by atoms with van der Waals surface area (Å²) in [5.74, 6) is 0.677. The third-order valence-electron chi connectivity index (χ3n) is 2.52. The summed E-state index contributed by atoms with van der Waals surface area (Å²) in [6, 6.07) is 11.7. The monoisotopic (exact) mass is 222 g/mol. The summed E-state index contributed by atoms with van der Waals surface area (Å²) in [7, 11) is 0. The van der Waals surface area contributed by atoms with Crippen LogP contribution in [0.5, 0.6) is 0 Å². The number of rotatable bonds is 1. The predicted molar refractivity (Wildman–Crippen MR) is 65.3 cm³/mol. The lowest BCUT2D eigenvalue weighted by atomic mass is 10.1. The Morgan fingerprint density at radius 1 is 0.941 bits per heavy atom. The van der Waals surface area contributed by atoms with Crippen LogP contribution < -0.4 is 0 Å². The number of aryl methyl sites for hydroxylation is 1.